The zero-order valence-electron chi connectivity index (χ0n) is 23.7. The predicted octanol–water partition coefficient (Wildman–Crippen LogP) is 7.26. The molecule has 202 valence electrons. The number of nitrogens with one attached hydrogen (secondary N) is 1. The van der Waals surface area contributed by atoms with Gasteiger partial charge in [0.25, 0.3) is 0 Å². The van der Waals surface area contributed by atoms with E-state index in [1.54, 1.807) is 7.05 Å². The van der Waals surface area contributed by atoms with Gasteiger partial charge in [-0.2, -0.15) is 0 Å². The number of aliphatic imine (C=N–C) groups is 1. The molecule has 0 radical (unpaired) electrons. The number of rotatable bonds is 14. The number of piperidine rings is 1. The number of hydrogen-bond acceptors (Lipinski definition) is 3. The van der Waals surface area contributed by atoms with E-state index >= 15 is 4.39 Å². The number of amides is 1. The Labute approximate surface area is 219 Å². The van der Waals surface area contributed by atoms with Crippen molar-refractivity contribution in [1.82, 2.24) is 10.2 Å². The number of likely N-dealkylation sites (tertiary alicyclic amines) is 1. The Hall–Kier alpha value is -2.01. The van der Waals surface area contributed by atoms with E-state index in [0.717, 1.165) is 55.3 Å². The third-order valence-electron chi connectivity index (χ3n) is 7.79. The van der Waals surface area contributed by atoms with E-state index in [1.165, 1.54) is 38.4 Å². The summed E-state index contributed by atoms with van der Waals surface area (Å²) in [5.41, 5.74) is 2.80. The summed E-state index contributed by atoms with van der Waals surface area (Å²) in [6, 6.07) is 3.93. The highest BCUT2D eigenvalue weighted by Crippen LogP contribution is 2.33. The van der Waals surface area contributed by atoms with Crippen molar-refractivity contribution < 1.29 is 9.18 Å². The fourth-order valence-electron chi connectivity index (χ4n) is 5.74. The lowest BCUT2D eigenvalue weighted by atomic mass is 9.84. The first-order valence-corrected chi connectivity index (χ1v) is 14.2. The predicted molar refractivity (Wildman–Crippen MR) is 151 cm³/mol. The van der Waals surface area contributed by atoms with E-state index < -0.39 is 5.92 Å². The van der Waals surface area contributed by atoms with Crippen molar-refractivity contribution in [3.05, 3.63) is 47.4 Å². The summed E-state index contributed by atoms with van der Waals surface area (Å²) in [6.07, 6.45) is 10.0. The van der Waals surface area contributed by atoms with E-state index in [-0.39, 0.29) is 17.6 Å². The first-order chi connectivity index (χ1) is 17.3. The highest BCUT2D eigenvalue weighted by Gasteiger charge is 2.29. The van der Waals surface area contributed by atoms with Crippen LogP contribution in [0.4, 0.5) is 4.39 Å². The first kappa shape index (κ1) is 30.2. The summed E-state index contributed by atoms with van der Waals surface area (Å²) < 4.78 is 15.7. The standard InChI is InChI=1S/C31H50FN3O/c1-8-11-24(14-13-22(4)5)21-35-19-17-25(18-20-35)27-16-15-26(23(6)29(27)32)30(33-7)28(12-9-2)31(36)34-10-3/h10,15-16,22,24-25,28H,3,8-9,11-14,17-21H2,1-2,4-7H3,(H,34,36). The van der Waals surface area contributed by atoms with Gasteiger partial charge < -0.3 is 10.2 Å². The van der Waals surface area contributed by atoms with Gasteiger partial charge in [-0.1, -0.05) is 65.7 Å². The van der Waals surface area contributed by atoms with Crippen LogP contribution in [0.5, 0.6) is 0 Å². The molecule has 1 N–H and O–H groups in total. The van der Waals surface area contributed by atoms with Crippen molar-refractivity contribution in [2.75, 3.05) is 26.7 Å². The summed E-state index contributed by atoms with van der Waals surface area (Å²) in [5.74, 6) is 1.08. The molecule has 1 aliphatic heterocycles. The summed E-state index contributed by atoms with van der Waals surface area (Å²) in [6.45, 7) is 17.6. The largest absolute Gasteiger partial charge is 0.333 e. The molecular weight excluding hydrogens is 449 g/mol. The Bertz CT molecular complexity index is 871. The van der Waals surface area contributed by atoms with Crippen LogP contribution in [0.2, 0.25) is 0 Å². The second kappa shape index (κ2) is 15.3. The number of hydrogen-bond donors (Lipinski definition) is 1. The van der Waals surface area contributed by atoms with Gasteiger partial charge >= 0.3 is 0 Å². The molecule has 1 aliphatic rings. The van der Waals surface area contributed by atoms with Crippen molar-refractivity contribution in [2.45, 2.75) is 91.9 Å². The average molecular weight is 500 g/mol. The van der Waals surface area contributed by atoms with Crippen molar-refractivity contribution in [3.63, 3.8) is 0 Å². The van der Waals surface area contributed by atoms with Gasteiger partial charge in [0.1, 0.15) is 5.82 Å². The van der Waals surface area contributed by atoms with Crippen molar-refractivity contribution in [2.24, 2.45) is 22.7 Å². The smallest absolute Gasteiger partial charge is 0.233 e. The maximum atomic E-state index is 15.7. The van der Waals surface area contributed by atoms with Gasteiger partial charge in [0.2, 0.25) is 5.91 Å². The Kier molecular flexibility index (Phi) is 12.8. The minimum atomic E-state index is -0.419. The Balaban J connectivity index is 2.13. The van der Waals surface area contributed by atoms with Gasteiger partial charge in [-0.25, -0.2) is 4.39 Å². The molecule has 1 heterocycles. The van der Waals surface area contributed by atoms with E-state index in [1.807, 2.05) is 26.0 Å². The molecule has 1 amide bonds. The molecule has 0 spiro atoms. The van der Waals surface area contributed by atoms with Gasteiger partial charge in [-0.3, -0.25) is 9.79 Å². The third-order valence-corrected chi connectivity index (χ3v) is 7.79. The molecule has 1 aromatic carbocycles. The van der Waals surface area contributed by atoms with Crippen LogP contribution in [0, 0.1) is 30.5 Å². The van der Waals surface area contributed by atoms with E-state index in [9.17, 15) is 4.79 Å². The number of benzene rings is 1. The molecule has 5 heteroatoms. The molecule has 1 aromatic rings. The second-order valence-corrected chi connectivity index (χ2v) is 11.0. The van der Waals surface area contributed by atoms with Crippen LogP contribution in [-0.2, 0) is 4.79 Å². The highest BCUT2D eigenvalue weighted by atomic mass is 19.1. The fraction of sp³-hybridized carbons (Fsp3) is 0.677. The average Bonchev–Trinajstić information content (AvgIpc) is 2.85. The Morgan fingerprint density at radius 2 is 1.83 bits per heavy atom. The van der Waals surface area contributed by atoms with Crippen molar-refractivity contribution >= 4 is 11.6 Å². The Morgan fingerprint density at radius 3 is 2.39 bits per heavy atom. The molecule has 4 nitrogen and oxygen atoms in total. The van der Waals surface area contributed by atoms with Crippen LogP contribution in [0.15, 0.2) is 29.9 Å². The van der Waals surface area contributed by atoms with Gasteiger partial charge in [0.05, 0.1) is 11.6 Å². The lowest BCUT2D eigenvalue weighted by Crippen LogP contribution is -2.37. The number of carbonyl (C=O) groups excluding carboxylic acids is 1. The third kappa shape index (κ3) is 8.26. The Morgan fingerprint density at radius 1 is 1.17 bits per heavy atom. The quantitative estimate of drug-likeness (QED) is 0.274. The maximum Gasteiger partial charge on any atom is 0.233 e. The molecule has 2 rings (SSSR count). The van der Waals surface area contributed by atoms with Crippen LogP contribution in [-0.4, -0.2) is 43.2 Å². The SMILES string of the molecule is C=CNC(=O)C(CCC)C(=NC)c1ccc(C2CCN(CC(CCC)CCC(C)C)CC2)c(F)c1C. The van der Waals surface area contributed by atoms with Crippen LogP contribution in [0.1, 0.15) is 102 Å². The highest BCUT2D eigenvalue weighted by molar-refractivity contribution is 6.13. The van der Waals surface area contributed by atoms with Gasteiger partial charge in [0, 0.05) is 19.2 Å². The number of carbonyl (C=O) groups is 1. The lowest BCUT2D eigenvalue weighted by Gasteiger charge is -2.35. The summed E-state index contributed by atoms with van der Waals surface area (Å²) in [5, 5.41) is 2.70. The normalized spacial score (nSPS) is 17.3. The van der Waals surface area contributed by atoms with Gasteiger partial charge in [-0.15, -0.1) is 0 Å². The minimum absolute atomic E-state index is 0.132. The molecule has 2 atom stereocenters. The van der Waals surface area contributed by atoms with Crippen molar-refractivity contribution in [1.29, 1.82) is 0 Å². The topological polar surface area (TPSA) is 44.7 Å². The van der Waals surface area contributed by atoms with Gasteiger partial charge in [0.15, 0.2) is 0 Å². The molecule has 0 aliphatic carbocycles. The summed E-state index contributed by atoms with van der Waals surface area (Å²) >= 11 is 0. The molecular formula is C31H50FN3O. The van der Waals surface area contributed by atoms with Gasteiger partial charge in [-0.05, 0) is 87.2 Å². The van der Waals surface area contributed by atoms with Crippen LogP contribution >= 0.6 is 0 Å². The fourth-order valence-corrected chi connectivity index (χ4v) is 5.74. The van der Waals surface area contributed by atoms with E-state index in [0.29, 0.717) is 17.7 Å². The molecule has 1 saturated heterocycles. The second-order valence-electron chi connectivity index (χ2n) is 11.0. The zero-order chi connectivity index (χ0) is 26.7. The first-order valence-electron chi connectivity index (χ1n) is 14.2. The van der Waals surface area contributed by atoms with E-state index in [2.05, 4.69) is 42.6 Å². The molecule has 0 aromatic heterocycles. The zero-order valence-corrected chi connectivity index (χ0v) is 23.7. The summed E-state index contributed by atoms with van der Waals surface area (Å²) in [4.78, 5) is 19.7. The summed E-state index contributed by atoms with van der Waals surface area (Å²) in [7, 11) is 1.69. The molecule has 1 fully saturated rings. The van der Waals surface area contributed by atoms with Crippen LogP contribution < -0.4 is 5.32 Å². The lowest BCUT2D eigenvalue weighted by molar-refractivity contribution is -0.122. The van der Waals surface area contributed by atoms with Crippen LogP contribution in [0.25, 0.3) is 0 Å². The maximum absolute atomic E-state index is 15.7. The molecule has 0 saturated carbocycles. The minimum Gasteiger partial charge on any atom is -0.333 e. The van der Waals surface area contributed by atoms with Crippen LogP contribution in [0.3, 0.4) is 0 Å². The molecule has 36 heavy (non-hydrogen) atoms. The molecule has 0 bridgehead atoms. The van der Waals surface area contributed by atoms with E-state index in [4.69, 9.17) is 0 Å². The van der Waals surface area contributed by atoms with Crippen molar-refractivity contribution in [3.8, 4) is 0 Å². The number of halogens is 1. The monoisotopic (exact) mass is 499 g/mol. The molecule has 2 unspecified atom stereocenters. The number of nitrogens with zero attached hydrogens (tertiary/aromatic N) is 2.